The van der Waals surface area contributed by atoms with Gasteiger partial charge in [-0.25, -0.2) is 19.7 Å². The van der Waals surface area contributed by atoms with E-state index in [1.54, 1.807) is 6.07 Å². The molecular weight excluding hydrogens is 210 g/mol. The van der Waals surface area contributed by atoms with E-state index in [9.17, 15) is 4.79 Å². The maximum atomic E-state index is 10.7. The van der Waals surface area contributed by atoms with E-state index in [1.807, 2.05) is 0 Å². The van der Waals surface area contributed by atoms with Crippen LogP contribution in [-0.4, -0.2) is 26.0 Å². The first-order valence-corrected chi connectivity index (χ1v) is 4.38. The predicted octanol–water partition coefficient (Wildman–Crippen LogP) is 1.36. The van der Waals surface area contributed by atoms with E-state index in [1.165, 1.54) is 31.0 Å². The first kappa shape index (κ1) is 10.0. The quantitative estimate of drug-likeness (QED) is 0.835. The van der Waals surface area contributed by atoms with Crippen molar-refractivity contribution < 1.29 is 14.6 Å². The minimum absolute atomic E-state index is 0.0747. The molecule has 0 aromatic carbocycles. The summed E-state index contributed by atoms with van der Waals surface area (Å²) in [5, 5.41) is 8.73. The largest absolute Gasteiger partial charge is 0.477 e. The number of rotatable bonds is 3. The highest BCUT2D eigenvalue weighted by atomic mass is 16.5. The first-order valence-electron chi connectivity index (χ1n) is 4.38. The molecule has 0 spiro atoms. The zero-order valence-corrected chi connectivity index (χ0v) is 8.07. The highest BCUT2D eigenvalue weighted by Gasteiger charge is 2.06. The fourth-order valence-corrected chi connectivity index (χ4v) is 1.07. The Bertz CT molecular complexity index is 502. The van der Waals surface area contributed by atoms with Crippen LogP contribution in [0.15, 0.2) is 37.1 Å². The number of carboxylic acid groups (broad SMARTS) is 1. The molecule has 0 atom stereocenters. The van der Waals surface area contributed by atoms with Crippen LogP contribution in [0.2, 0.25) is 0 Å². The van der Waals surface area contributed by atoms with Crippen LogP contribution in [0.5, 0.6) is 11.5 Å². The zero-order chi connectivity index (χ0) is 11.4. The number of hydrogen-bond acceptors (Lipinski definition) is 5. The third-order valence-electron chi connectivity index (χ3n) is 1.72. The number of carboxylic acids is 1. The Morgan fingerprint density at radius 2 is 2.00 bits per heavy atom. The number of nitrogens with zero attached hydrogens (tertiary/aromatic N) is 3. The molecule has 2 heterocycles. The number of carbonyl (C=O) groups is 1. The summed E-state index contributed by atoms with van der Waals surface area (Å²) in [6.07, 6.45) is 5.70. The van der Waals surface area contributed by atoms with Gasteiger partial charge in [0.1, 0.15) is 12.1 Å². The van der Waals surface area contributed by atoms with Crippen molar-refractivity contribution in [1.29, 1.82) is 0 Å². The zero-order valence-electron chi connectivity index (χ0n) is 8.07. The molecule has 1 N–H and O–H groups in total. The third-order valence-corrected chi connectivity index (χ3v) is 1.72. The van der Waals surface area contributed by atoms with Crippen molar-refractivity contribution in [3.63, 3.8) is 0 Å². The van der Waals surface area contributed by atoms with Gasteiger partial charge in [-0.15, -0.1) is 0 Å². The normalized spacial score (nSPS) is 9.75. The van der Waals surface area contributed by atoms with Gasteiger partial charge in [-0.3, -0.25) is 0 Å². The van der Waals surface area contributed by atoms with Gasteiger partial charge in [-0.2, -0.15) is 0 Å². The van der Waals surface area contributed by atoms with Crippen molar-refractivity contribution in [3.8, 4) is 11.5 Å². The van der Waals surface area contributed by atoms with Crippen molar-refractivity contribution in [3.05, 3.63) is 42.7 Å². The van der Waals surface area contributed by atoms with Crippen LogP contribution >= 0.6 is 0 Å². The highest BCUT2D eigenvalue weighted by molar-refractivity contribution is 5.85. The number of hydrogen-bond donors (Lipinski definition) is 1. The Labute approximate surface area is 90.6 Å². The lowest BCUT2D eigenvalue weighted by Gasteiger charge is -2.04. The van der Waals surface area contributed by atoms with Crippen LogP contribution in [0.25, 0.3) is 0 Å². The Morgan fingerprint density at radius 1 is 1.25 bits per heavy atom. The summed E-state index contributed by atoms with van der Waals surface area (Å²) in [6.45, 7) is 0. The molecule has 0 aliphatic rings. The number of pyridine rings is 1. The number of aromatic carboxylic acids is 1. The van der Waals surface area contributed by atoms with E-state index >= 15 is 0 Å². The van der Waals surface area contributed by atoms with Crippen molar-refractivity contribution in [2.45, 2.75) is 0 Å². The fourth-order valence-electron chi connectivity index (χ4n) is 1.07. The molecule has 6 heteroatoms. The maximum absolute atomic E-state index is 10.7. The lowest BCUT2D eigenvalue weighted by molar-refractivity contribution is 0.0690. The molecule has 0 unspecified atom stereocenters. The van der Waals surface area contributed by atoms with Gasteiger partial charge in [0, 0.05) is 12.3 Å². The van der Waals surface area contributed by atoms with Crippen molar-refractivity contribution >= 4 is 5.97 Å². The molecule has 2 aromatic rings. The number of aromatic nitrogens is 3. The minimum atomic E-state index is -1.10. The Balaban J connectivity index is 2.22. The molecule has 6 nitrogen and oxygen atoms in total. The van der Waals surface area contributed by atoms with Crippen molar-refractivity contribution in [2.75, 3.05) is 0 Å². The summed E-state index contributed by atoms with van der Waals surface area (Å²) in [5.74, 6) is -0.290. The van der Waals surface area contributed by atoms with E-state index < -0.39 is 5.97 Å². The SMILES string of the molecule is O=C(O)c1cc(Oc2cncnc2)ccn1. The number of ether oxygens (including phenoxy) is 1. The second-order valence-electron chi connectivity index (χ2n) is 2.86. The molecule has 80 valence electrons. The van der Waals surface area contributed by atoms with Crippen LogP contribution < -0.4 is 4.74 Å². The van der Waals surface area contributed by atoms with Crippen LogP contribution in [-0.2, 0) is 0 Å². The molecule has 0 fully saturated rings. The van der Waals surface area contributed by atoms with Crippen LogP contribution in [0, 0.1) is 0 Å². The van der Waals surface area contributed by atoms with E-state index in [-0.39, 0.29) is 5.69 Å². The van der Waals surface area contributed by atoms with Crippen LogP contribution in [0.1, 0.15) is 10.5 Å². The second-order valence-corrected chi connectivity index (χ2v) is 2.86. The molecule has 0 radical (unpaired) electrons. The van der Waals surface area contributed by atoms with Gasteiger partial charge in [-0.05, 0) is 6.07 Å². The molecule has 0 bridgehead atoms. The van der Waals surface area contributed by atoms with Crippen molar-refractivity contribution in [2.24, 2.45) is 0 Å². The van der Waals surface area contributed by atoms with Gasteiger partial charge < -0.3 is 9.84 Å². The molecule has 0 saturated heterocycles. The molecule has 2 aromatic heterocycles. The molecule has 0 aliphatic carbocycles. The van der Waals surface area contributed by atoms with Gasteiger partial charge in [-0.1, -0.05) is 0 Å². The lowest BCUT2D eigenvalue weighted by Crippen LogP contribution is -1.99. The highest BCUT2D eigenvalue weighted by Crippen LogP contribution is 2.19. The molecule has 16 heavy (non-hydrogen) atoms. The van der Waals surface area contributed by atoms with Crippen LogP contribution in [0.3, 0.4) is 0 Å². The Kier molecular flexibility index (Phi) is 2.73. The second kappa shape index (κ2) is 4.35. The van der Waals surface area contributed by atoms with E-state index in [0.717, 1.165) is 0 Å². The van der Waals surface area contributed by atoms with E-state index in [4.69, 9.17) is 9.84 Å². The van der Waals surface area contributed by atoms with Crippen molar-refractivity contribution in [1.82, 2.24) is 15.0 Å². The monoisotopic (exact) mass is 217 g/mol. The summed E-state index contributed by atoms with van der Waals surface area (Å²) < 4.78 is 5.34. The predicted molar refractivity (Wildman–Crippen MR) is 53.3 cm³/mol. The third kappa shape index (κ3) is 2.30. The van der Waals surface area contributed by atoms with Gasteiger partial charge in [0.15, 0.2) is 11.4 Å². The minimum Gasteiger partial charge on any atom is -0.477 e. The molecule has 0 saturated carbocycles. The summed E-state index contributed by atoms with van der Waals surface area (Å²) >= 11 is 0. The Morgan fingerprint density at radius 3 is 2.69 bits per heavy atom. The maximum Gasteiger partial charge on any atom is 0.354 e. The summed E-state index contributed by atoms with van der Waals surface area (Å²) in [7, 11) is 0. The Hall–Kier alpha value is -2.50. The average molecular weight is 217 g/mol. The molecule has 2 rings (SSSR count). The van der Waals surface area contributed by atoms with Crippen LogP contribution in [0.4, 0.5) is 0 Å². The topological polar surface area (TPSA) is 85.2 Å². The van der Waals surface area contributed by atoms with E-state index in [0.29, 0.717) is 11.5 Å². The summed E-state index contributed by atoms with van der Waals surface area (Å²) in [4.78, 5) is 21.9. The molecule has 0 aliphatic heterocycles. The lowest BCUT2D eigenvalue weighted by atomic mass is 10.3. The fraction of sp³-hybridized carbons (Fsp3) is 0. The standard InChI is InChI=1S/C10H7N3O3/c14-10(15)9-3-7(1-2-13-9)16-8-4-11-6-12-5-8/h1-6H,(H,14,15). The van der Waals surface area contributed by atoms with Gasteiger partial charge in [0.2, 0.25) is 0 Å². The van der Waals surface area contributed by atoms with Gasteiger partial charge in [0.05, 0.1) is 12.4 Å². The summed E-state index contributed by atoms with van der Waals surface area (Å²) in [5.41, 5.74) is -0.0747. The van der Waals surface area contributed by atoms with Gasteiger partial charge in [0.25, 0.3) is 0 Å². The average Bonchev–Trinajstić information content (AvgIpc) is 2.30. The first-order chi connectivity index (χ1) is 7.75. The van der Waals surface area contributed by atoms with E-state index in [2.05, 4.69) is 15.0 Å². The smallest absolute Gasteiger partial charge is 0.354 e. The summed E-state index contributed by atoms with van der Waals surface area (Å²) in [6, 6.07) is 2.88. The van der Waals surface area contributed by atoms with Gasteiger partial charge >= 0.3 is 5.97 Å². The molecular formula is C10H7N3O3. The molecule has 0 amide bonds.